The van der Waals surface area contributed by atoms with Gasteiger partial charge in [-0.3, -0.25) is 9.78 Å². The van der Waals surface area contributed by atoms with E-state index in [-0.39, 0.29) is 42.9 Å². The molecule has 1 aromatic carbocycles. The Morgan fingerprint density at radius 3 is 2.86 bits per heavy atom. The van der Waals surface area contributed by atoms with E-state index in [0.29, 0.717) is 36.2 Å². The third kappa shape index (κ3) is 4.87. The first-order valence-corrected chi connectivity index (χ1v) is 14.9. The molecule has 0 spiro atoms. The number of benzene rings is 1. The van der Waals surface area contributed by atoms with Crippen LogP contribution in [0.25, 0.3) is 27.0 Å². The number of likely N-dealkylation sites (N-methyl/N-ethyl adjacent to an activating group) is 1. The lowest BCUT2D eigenvalue weighted by atomic mass is 9.96. The van der Waals surface area contributed by atoms with Crippen LogP contribution in [-0.2, 0) is 11.2 Å². The largest absolute Gasteiger partial charge is 0.462 e. The third-order valence-corrected chi connectivity index (χ3v) is 9.52. The van der Waals surface area contributed by atoms with E-state index in [4.69, 9.17) is 16.3 Å². The first-order valence-electron chi connectivity index (χ1n) is 14.9. The average Bonchev–Trinajstić information content (AvgIpc) is 3.48. The highest BCUT2D eigenvalue weighted by Gasteiger charge is 2.46. The number of fused-ring (bicyclic) bond motifs is 4. The molecule has 2 aromatic heterocycles. The number of piperazine rings is 1. The van der Waals surface area contributed by atoms with Gasteiger partial charge in [-0.1, -0.05) is 24.8 Å². The number of rotatable bonds is 7. The number of ether oxygens (including phenoxy) is 1. The maximum absolute atomic E-state index is 16.6. The number of hydrogen-bond donors (Lipinski definition) is 0. The second-order valence-electron chi connectivity index (χ2n) is 12.1. The molecule has 222 valence electrons. The summed E-state index contributed by atoms with van der Waals surface area (Å²) in [5.41, 5.74) is 3.66. The van der Waals surface area contributed by atoms with Gasteiger partial charge in [-0.05, 0) is 62.2 Å². The van der Waals surface area contributed by atoms with Gasteiger partial charge >= 0.3 is 6.01 Å². The fourth-order valence-corrected chi connectivity index (χ4v) is 7.15. The number of carbonyl (C=O) groups excluding carboxylic acids is 1. The van der Waals surface area contributed by atoms with Gasteiger partial charge in [-0.25, -0.2) is 15.4 Å². The highest BCUT2D eigenvalue weighted by atomic mass is 19.1. The van der Waals surface area contributed by atoms with E-state index < -0.39 is 23.6 Å². The number of likely N-dealkylation sites (tertiary alicyclic amines) is 1. The van der Waals surface area contributed by atoms with Gasteiger partial charge in [0.05, 0.1) is 5.39 Å². The molecular formula is C32H33F2N7O2. The second-order valence-corrected chi connectivity index (χ2v) is 12.1. The van der Waals surface area contributed by atoms with Crippen LogP contribution in [0.1, 0.15) is 36.3 Å². The highest BCUT2D eigenvalue weighted by molar-refractivity contribution is 5.93. The van der Waals surface area contributed by atoms with E-state index in [1.54, 1.807) is 6.20 Å². The summed E-state index contributed by atoms with van der Waals surface area (Å²) in [5, 5.41) is 0.416. The smallest absolute Gasteiger partial charge is 0.319 e. The Kier molecular flexibility index (Phi) is 6.96. The Balaban J connectivity index is 1.29. The zero-order valence-corrected chi connectivity index (χ0v) is 24.1. The highest BCUT2D eigenvalue weighted by Crippen LogP contribution is 2.58. The van der Waals surface area contributed by atoms with Gasteiger partial charge in [0.25, 0.3) is 5.91 Å². The molecule has 1 saturated carbocycles. The van der Waals surface area contributed by atoms with Gasteiger partial charge in [-0.15, -0.1) is 0 Å². The Bertz CT molecular complexity index is 1670. The minimum atomic E-state index is -1.06. The van der Waals surface area contributed by atoms with Crippen molar-refractivity contribution in [3.8, 4) is 17.3 Å². The molecule has 0 bridgehead atoms. The number of hydrogen-bond acceptors (Lipinski definition) is 7. The summed E-state index contributed by atoms with van der Waals surface area (Å²) in [6.45, 7) is 12.6. The van der Waals surface area contributed by atoms with Crippen molar-refractivity contribution < 1.29 is 18.3 Å². The van der Waals surface area contributed by atoms with E-state index >= 15 is 4.39 Å². The van der Waals surface area contributed by atoms with Gasteiger partial charge in [0.2, 0.25) is 6.54 Å². The lowest BCUT2D eigenvalue weighted by molar-refractivity contribution is -0.131. The molecule has 2 aliphatic heterocycles. The summed E-state index contributed by atoms with van der Waals surface area (Å²) < 4.78 is 36.5. The van der Waals surface area contributed by atoms with Crippen LogP contribution >= 0.6 is 0 Å². The van der Waals surface area contributed by atoms with Crippen LogP contribution in [0.3, 0.4) is 0 Å². The number of anilines is 1. The summed E-state index contributed by atoms with van der Waals surface area (Å²) in [7, 11) is 2.05. The number of aromatic nitrogens is 3. The summed E-state index contributed by atoms with van der Waals surface area (Å²) >= 11 is 0. The lowest BCUT2D eigenvalue weighted by Gasteiger charge is -2.39. The number of pyridine rings is 1. The van der Waals surface area contributed by atoms with E-state index in [1.807, 2.05) is 17.0 Å². The third-order valence-electron chi connectivity index (χ3n) is 9.52. The van der Waals surface area contributed by atoms with Crippen molar-refractivity contribution in [1.82, 2.24) is 24.8 Å². The fourth-order valence-electron chi connectivity index (χ4n) is 7.15. The maximum Gasteiger partial charge on any atom is 0.319 e. The molecule has 11 heteroatoms. The maximum atomic E-state index is 16.6. The lowest BCUT2D eigenvalue weighted by Crippen LogP contribution is -2.56. The van der Waals surface area contributed by atoms with E-state index in [9.17, 15) is 9.18 Å². The molecule has 3 fully saturated rings. The molecule has 0 radical (unpaired) electrons. The SMILES string of the molecule is [C-]#[N+]C[C@H]1CN(c2nc(OC[C@@H]3CCCN3C)nc3c(F)c(-c4cccc5c4C4CC4C5)ncc23)CCN1C(=O)C(=C)F. The van der Waals surface area contributed by atoms with Gasteiger partial charge in [0.15, 0.2) is 11.6 Å². The van der Waals surface area contributed by atoms with E-state index in [2.05, 4.69) is 39.4 Å². The minimum Gasteiger partial charge on any atom is -0.462 e. The van der Waals surface area contributed by atoms with Crippen LogP contribution in [-0.4, -0.2) is 89.1 Å². The Morgan fingerprint density at radius 1 is 1.23 bits per heavy atom. The molecule has 43 heavy (non-hydrogen) atoms. The van der Waals surface area contributed by atoms with E-state index in [0.717, 1.165) is 37.8 Å². The normalized spacial score (nSPS) is 24.5. The van der Waals surface area contributed by atoms with Crippen molar-refractivity contribution in [2.45, 2.75) is 43.7 Å². The topological polar surface area (TPSA) is 79.1 Å². The molecule has 4 heterocycles. The standard InChI is InChI=1S/C32H33F2N7O2/c1-18(33)31(42)41-11-10-40(16-22(41)14-35-2)30-25-15-36-28(23-8-4-6-19-12-20-13-24(20)26(19)23)27(34)29(25)37-32(38-30)43-17-21-7-5-9-39(21)3/h4,6,8,15,20-22,24H,1,5,7,9-14,16-17H2,3H3/t20?,21-,22-,24?/m0/s1. The van der Waals surface area contributed by atoms with Crippen molar-refractivity contribution >= 4 is 22.6 Å². The van der Waals surface area contributed by atoms with Gasteiger partial charge in [0, 0.05) is 37.4 Å². The average molecular weight is 586 g/mol. The van der Waals surface area contributed by atoms with Crippen LogP contribution < -0.4 is 9.64 Å². The number of halogens is 2. The Morgan fingerprint density at radius 2 is 2.09 bits per heavy atom. The molecular weight excluding hydrogens is 552 g/mol. The number of nitrogens with zero attached hydrogens (tertiary/aromatic N) is 7. The Labute approximate surface area is 249 Å². The predicted octanol–water partition coefficient (Wildman–Crippen LogP) is 4.38. The molecule has 7 rings (SSSR count). The van der Waals surface area contributed by atoms with Crippen LogP contribution in [0.5, 0.6) is 6.01 Å². The van der Waals surface area contributed by atoms with Crippen LogP contribution in [0, 0.1) is 18.3 Å². The van der Waals surface area contributed by atoms with Crippen molar-refractivity contribution in [2.24, 2.45) is 5.92 Å². The molecule has 2 aliphatic carbocycles. The molecule has 0 N–H and O–H groups in total. The van der Waals surface area contributed by atoms with E-state index in [1.165, 1.54) is 16.0 Å². The van der Waals surface area contributed by atoms with Gasteiger partial charge < -0.3 is 24.3 Å². The molecule has 9 nitrogen and oxygen atoms in total. The van der Waals surface area contributed by atoms with Crippen molar-refractivity contribution in [2.75, 3.05) is 51.3 Å². The molecule has 2 saturated heterocycles. The van der Waals surface area contributed by atoms with Crippen molar-refractivity contribution in [1.29, 1.82) is 0 Å². The zero-order chi connectivity index (χ0) is 29.8. The van der Waals surface area contributed by atoms with Crippen LogP contribution in [0.2, 0.25) is 0 Å². The minimum absolute atomic E-state index is 0.0199. The van der Waals surface area contributed by atoms with Gasteiger partial charge in [-0.2, -0.15) is 9.97 Å². The van der Waals surface area contributed by atoms with Gasteiger partial charge in [0.1, 0.15) is 29.7 Å². The summed E-state index contributed by atoms with van der Waals surface area (Å²) in [4.78, 5) is 35.3. The van der Waals surface area contributed by atoms with Crippen LogP contribution in [0.15, 0.2) is 36.8 Å². The van der Waals surface area contributed by atoms with Crippen LogP contribution in [0.4, 0.5) is 14.6 Å². The zero-order valence-electron chi connectivity index (χ0n) is 24.1. The first kappa shape index (κ1) is 27.7. The second kappa shape index (κ2) is 10.8. The summed E-state index contributed by atoms with van der Waals surface area (Å²) in [6, 6.07) is 5.71. The molecule has 4 aliphatic rings. The van der Waals surface area contributed by atoms with Crippen molar-refractivity contribution in [3.63, 3.8) is 0 Å². The molecule has 4 atom stereocenters. The number of amides is 1. The number of carbonyl (C=O) groups is 1. The monoisotopic (exact) mass is 585 g/mol. The summed E-state index contributed by atoms with van der Waals surface area (Å²) in [5.74, 6) is -0.888. The molecule has 2 unspecified atom stereocenters. The summed E-state index contributed by atoms with van der Waals surface area (Å²) in [6.07, 6.45) is 5.85. The fraction of sp³-hybridized carbons (Fsp3) is 0.469. The Hall–Kier alpha value is -4.17. The molecule has 1 amide bonds. The first-order chi connectivity index (χ1) is 20.8. The predicted molar refractivity (Wildman–Crippen MR) is 158 cm³/mol. The quantitative estimate of drug-likeness (QED) is 0.301. The molecule has 3 aromatic rings. The van der Waals surface area contributed by atoms with Crippen molar-refractivity contribution in [3.05, 3.63) is 65.2 Å².